The number of carbonyl (C=O) groups is 2. The molecule has 0 atom stereocenters. The summed E-state index contributed by atoms with van der Waals surface area (Å²) in [6.45, 7) is 10.7. The second-order valence-corrected chi connectivity index (χ2v) is 11.0. The molecule has 10 heteroatoms. The summed E-state index contributed by atoms with van der Waals surface area (Å²) in [5, 5.41) is 8.91. The van der Waals surface area contributed by atoms with Crippen molar-refractivity contribution in [2.75, 3.05) is 50.9 Å². The smallest absolute Gasteiger partial charge is 0.322 e. The molecule has 0 radical (unpaired) electrons. The molecular formula is C28H39N7O3. The number of carbonyl (C=O) groups excluding carboxylic acids is 2. The van der Waals surface area contributed by atoms with Crippen LogP contribution in [0.15, 0.2) is 42.9 Å². The van der Waals surface area contributed by atoms with E-state index in [4.69, 9.17) is 4.74 Å². The Hall–Kier alpha value is -3.63. The van der Waals surface area contributed by atoms with Gasteiger partial charge in [0.1, 0.15) is 0 Å². The van der Waals surface area contributed by atoms with Crippen molar-refractivity contribution in [3.63, 3.8) is 0 Å². The van der Waals surface area contributed by atoms with Crippen LogP contribution in [0.25, 0.3) is 16.8 Å². The molecule has 10 nitrogen and oxygen atoms in total. The lowest BCUT2D eigenvalue weighted by molar-refractivity contribution is -0.110. The first kappa shape index (κ1) is 27.4. The number of anilines is 2. The number of urea groups is 2. The Balaban J connectivity index is 1.47. The van der Waals surface area contributed by atoms with Gasteiger partial charge in [0.2, 0.25) is 0 Å². The minimum atomic E-state index is -0.271. The van der Waals surface area contributed by atoms with E-state index >= 15 is 0 Å². The van der Waals surface area contributed by atoms with Gasteiger partial charge in [-0.3, -0.25) is 0 Å². The van der Waals surface area contributed by atoms with Gasteiger partial charge in [0.25, 0.3) is 0 Å². The maximum atomic E-state index is 12.9. The second kappa shape index (κ2) is 11.4. The Morgan fingerprint density at radius 1 is 1.16 bits per heavy atom. The van der Waals surface area contributed by atoms with E-state index in [0.717, 1.165) is 35.3 Å². The molecule has 0 unspecified atom stereocenters. The highest BCUT2D eigenvalue weighted by Crippen LogP contribution is 2.32. The number of aromatic nitrogens is 2. The third-order valence-electron chi connectivity index (χ3n) is 6.35. The zero-order valence-corrected chi connectivity index (χ0v) is 23.2. The van der Waals surface area contributed by atoms with E-state index in [0.29, 0.717) is 31.0 Å². The molecule has 3 aromatic rings. The van der Waals surface area contributed by atoms with Crippen LogP contribution >= 0.6 is 0 Å². The van der Waals surface area contributed by atoms with E-state index in [1.165, 1.54) is 0 Å². The van der Waals surface area contributed by atoms with Gasteiger partial charge in [-0.05, 0) is 78.0 Å². The molecule has 4 rings (SSSR count). The third kappa shape index (κ3) is 6.81. The Labute approximate surface area is 224 Å². The zero-order chi connectivity index (χ0) is 27.4. The van der Waals surface area contributed by atoms with Gasteiger partial charge in [-0.25, -0.2) is 14.6 Å². The Morgan fingerprint density at radius 2 is 1.92 bits per heavy atom. The number of likely N-dealkylation sites (tertiary alicyclic amines) is 1. The molecule has 3 heterocycles. The monoisotopic (exact) mass is 521 g/mol. The first-order valence-electron chi connectivity index (χ1n) is 13.0. The minimum absolute atomic E-state index is 0.0613. The molecule has 3 N–H and O–H groups in total. The van der Waals surface area contributed by atoms with Gasteiger partial charge < -0.3 is 34.9 Å². The SMILES string of the molecule is Cc1c(NC(=O)N2CC(OC(C)(C)C)C2)cccc1-c1cc(NC(=O)NCCCN(C)C)c2nccn2c1. The number of nitrogens with zero attached hydrogens (tertiary/aromatic N) is 4. The van der Waals surface area contributed by atoms with Gasteiger partial charge >= 0.3 is 12.1 Å². The Kier molecular flexibility index (Phi) is 8.23. The molecule has 1 aromatic carbocycles. The van der Waals surface area contributed by atoms with Crippen molar-refractivity contribution in [2.45, 2.75) is 45.8 Å². The standard InChI is InChI=1S/C28H39N7O3/c1-19-22(9-7-10-23(19)32-27(37)35-17-21(18-35)38-28(2,3)4)20-15-24(25-29-12-14-34(25)16-20)31-26(36)30-11-8-13-33(5)6/h7,9-10,12,14-16,21H,8,11,13,17-18H2,1-6H3,(H,32,37)(H2,30,31,36). The van der Waals surface area contributed by atoms with Gasteiger partial charge in [0.15, 0.2) is 5.65 Å². The maximum absolute atomic E-state index is 12.9. The van der Waals surface area contributed by atoms with Crippen LogP contribution < -0.4 is 16.0 Å². The predicted molar refractivity (Wildman–Crippen MR) is 151 cm³/mol. The van der Waals surface area contributed by atoms with E-state index in [1.54, 1.807) is 11.1 Å². The van der Waals surface area contributed by atoms with Crippen LogP contribution in [-0.2, 0) is 4.74 Å². The third-order valence-corrected chi connectivity index (χ3v) is 6.35. The maximum Gasteiger partial charge on any atom is 0.322 e. The molecule has 0 saturated carbocycles. The quantitative estimate of drug-likeness (QED) is 0.381. The highest BCUT2D eigenvalue weighted by Gasteiger charge is 2.34. The van der Waals surface area contributed by atoms with Crippen LogP contribution in [0.2, 0.25) is 0 Å². The number of imidazole rings is 1. The zero-order valence-electron chi connectivity index (χ0n) is 23.2. The number of fused-ring (bicyclic) bond motifs is 1. The first-order valence-corrected chi connectivity index (χ1v) is 13.0. The molecule has 2 aromatic heterocycles. The first-order chi connectivity index (χ1) is 18.0. The van der Waals surface area contributed by atoms with E-state index in [2.05, 4.69) is 25.8 Å². The van der Waals surface area contributed by atoms with Crippen molar-refractivity contribution in [1.82, 2.24) is 24.5 Å². The molecular weight excluding hydrogens is 482 g/mol. The van der Waals surface area contributed by atoms with Gasteiger partial charge in [-0.15, -0.1) is 0 Å². The van der Waals surface area contributed by atoms with Crippen molar-refractivity contribution >= 4 is 29.1 Å². The fraction of sp³-hybridized carbons (Fsp3) is 0.464. The molecule has 1 fully saturated rings. The van der Waals surface area contributed by atoms with E-state index in [9.17, 15) is 9.59 Å². The van der Waals surface area contributed by atoms with Crippen molar-refractivity contribution in [1.29, 1.82) is 0 Å². The molecule has 0 bridgehead atoms. The molecule has 0 spiro atoms. The van der Waals surface area contributed by atoms with Crippen LogP contribution in [0.1, 0.15) is 32.8 Å². The minimum Gasteiger partial charge on any atom is -0.369 e. The number of pyridine rings is 1. The van der Waals surface area contributed by atoms with Gasteiger partial charge in [-0.1, -0.05) is 12.1 Å². The topological polar surface area (TPSA) is 103 Å². The summed E-state index contributed by atoms with van der Waals surface area (Å²) in [4.78, 5) is 33.7. The lowest BCUT2D eigenvalue weighted by atomic mass is 10.00. The van der Waals surface area contributed by atoms with Gasteiger partial charge in [0, 0.05) is 36.4 Å². The lowest BCUT2D eigenvalue weighted by Crippen LogP contribution is -2.57. The van der Waals surface area contributed by atoms with Crippen LogP contribution in [-0.4, -0.2) is 83.2 Å². The summed E-state index contributed by atoms with van der Waals surface area (Å²) in [6.07, 6.45) is 6.44. The number of amides is 4. The van der Waals surface area contributed by atoms with E-state index in [1.807, 2.05) is 82.9 Å². The molecule has 1 aliphatic rings. The fourth-order valence-corrected chi connectivity index (χ4v) is 4.49. The summed E-state index contributed by atoms with van der Waals surface area (Å²) in [5.74, 6) is 0. The summed E-state index contributed by atoms with van der Waals surface area (Å²) >= 11 is 0. The second-order valence-electron chi connectivity index (χ2n) is 11.0. The molecule has 1 aliphatic heterocycles. The normalized spacial score (nSPS) is 14.0. The Morgan fingerprint density at radius 3 is 2.63 bits per heavy atom. The average molecular weight is 522 g/mol. The highest BCUT2D eigenvalue weighted by atomic mass is 16.5. The lowest BCUT2D eigenvalue weighted by Gasteiger charge is -2.41. The summed E-state index contributed by atoms with van der Waals surface area (Å²) in [7, 11) is 4.01. The van der Waals surface area contributed by atoms with Crippen molar-refractivity contribution in [3.05, 3.63) is 48.4 Å². The number of rotatable bonds is 8. The van der Waals surface area contributed by atoms with Crippen LogP contribution in [0.4, 0.5) is 21.0 Å². The Bertz CT molecular complexity index is 1290. The summed E-state index contributed by atoms with van der Waals surface area (Å²) < 4.78 is 7.83. The number of ether oxygens (including phenoxy) is 1. The van der Waals surface area contributed by atoms with E-state index in [-0.39, 0.29) is 23.8 Å². The number of hydrogen-bond acceptors (Lipinski definition) is 5. The van der Waals surface area contributed by atoms with Crippen molar-refractivity contribution < 1.29 is 14.3 Å². The molecule has 1 saturated heterocycles. The fourth-order valence-electron chi connectivity index (χ4n) is 4.49. The van der Waals surface area contributed by atoms with Gasteiger partial charge in [0.05, 0.1) is 30.5 Å². The average Bonchev–Trinajstić information content (AvgIpc) is 3.28. The molecule has 4 amide bonds. The molecule has 38 heavy (non-hydrogen) atoms. The number of nitrogens with one attached hydrogen (secondary N) is 3. The molecule has 0 aliphatic carbocycles. The predicted octanol–water partition coefficient (Wildman–Crippen LogP) is 4.41. The van der Waals surface area contributed by atoms with Gasteiger partial charge in [-0.2, -0.15) is 0 Å². The number of hydrogen-bond donors (Lipinski definition) is 3. The van der Waals surface area contributed by atoms with E-state index < -0.39 is 0 Å². The van der Waals surface area contributed by atoms with Crippen LogP contribution in [0.3, 0.4) is 0 Å². The van der Waals surface area contributed by atoms with Crippen LogP contribution in [0.5, 0.6) is 0 Å². The highest BCUT2D eigenvalue weighted by molar-refractivity contribution is 5.95. The van der Waals surface area contributed by atoms with Crippen molar-refractivity contribution in [3.8, 4) is 11.1 Å². The molecule has 204 valence electrons. The van der Waals surface area contributed by atoms with Crippen molar-refractivity contribution in [2.24, 2.45) is 0 Å². The summed E-state index contributed by atoms with van der Waals surface area (Å²) in [6, 6.07) is 7.33. The summed E-state index contributed by atoms with van der Waals surface area (Å²) in [5.41, 5.74) is 4.56. The van der Waals surface area contributed by atoms with Crippen LogP contribution in [0, 0.1) is 6.92 Å². The number of benzene rings is 1. The largest absolute Gasteiger partial charge is 0.369 e.